The van der Waals surface area contributed by atoms with Crippen LogP contribution in [0.1, 0.15) is 0 Å². The number of hydrogen-bond acceptors (Lipinski definition) is 4. The summed E-state index contributed by atoms with van der Waals surface area (Å²) in [5, 5.41) is 7.72. The van der Waals surface area contributed by atoms with E-state index in [1.165, 1.54) is 51.2 Å². The first kappa shape index (κ1) is 16.2. The average Bonchev–Trinajstić information content (AvgIpc) is 3.51. The monoisotopic (exact) mass is 431 g/mol. The van der Waals surface area contributed by atoms with E-state index in [-0.39, 0.29) is 0 Å². The Balaban J connectivity index is 1.59. The van der Waals surface area contributed by atoms with Crippen LogP contribution >= 0.6 is 22.7 Å². The molecule has 0 aliphatic carbocycles. The second-order valence-corrected chi connectivity index (χ2v) is 10.1. The minimum Gasteiger partial charge on any atom is -0.298 e. The molecule has 0 N–H and O–H groups in total. The van der Waals surface area contributed by atoms with E-state index in [9.17, 15) is 0 Å². The van der Waals surface area contributed by atoms with Crippen molar-refractivity contribution < 1.29 is 0 Å². The van der Waals surface area contributed by atoms with Crippen LogP contribution < -0.4 is 0 Å². The standard InChI is InChI=1S/C26H13N3S2/c1-2-6-21-14(4-1)17-11-19-18-10-16-15-5-3-7-27-25(15)26-28-8-9-29(26)20(16)12-22(18)31-24(19)13-23(17)30-21/h1-13H. The summed E-state index contributed by atoms with van der Waals surface area (Å²) in [4.78, 5) is 9.23. The maximum atomic E-state index is 4.65. The van der Waals surface area contributed by atoms with Gasteiger partial charge < -0.3 is 0 Å². The number of pyridine rings is 2. The summed E-state index contributed by atoms with van der Waals surface area (Å²) in [7, 11) is 0. The number of thiophene rings is 2. The van der Waals surface area contributed by atoms with E-state index in [1.807, 2.05) is 47.3 Å². The number of benzene rings is 3. The lowest BCUT2D eigenvalue weighted by atomic mass is 10.0. The Hall–Kier alpha value is -3.54. The molecule has 0 unspecified atom stereocenters. The molecule has 0 aliphatic heterocycles. The van der Waals surface area contributed by atoms with Crippen LogP contribution in [0.4, 0.5) is 0 Å². The highest BCUT2D eigenvalue weighted by Gasteiger charge is 2.15. The molecule has 0 saturated heterocycles. The molecular formula is C26H13N3S2. The smallest absolute Gasteiger partial charge is 0.163 e. The molecule has 3 aromatic carbocycles. The molecule has 0 bridgehead atoms. The summed E-state index contributed by atoms with van der Waals surface area (Å²) in [6.07, 6.45) is 5.74. The van der Waals surface area contributed by atoms with Gasteiger partial charge in [-0.05, 0) is 36.4 Å². The van der Waals surface area contributed by atoms with Crippen molar-refractivity contribution >= 4 is 90.5 Å². The van der Waals surface area contributed by atoms with Crippen molar-refractivity contribution in [3.8, 4) is 0 Å². The highest BCUT2D eigenvalue weighted by atomic mass is 32.1. The third kappa shape index (κ3) is 2.02. The number of nitrogens with zero attached hydrogens (tertiary/aromatic N) is 3. The normalized spacial score (nSPS) is 12.5. The third-order valence-corrected chi connectivity index (χ3v) is 8.55. The molecule has 144 valence electrons. The number of hydrogen-bond donors (Lipinski definition) is 0. The van der Waals surface area contributed by atoms with Crippen molar-refractivity contribution in [2.75, 3.05) is 0 Å². The lowest BCUT2D eigenvalue weighted by Gasteiger charge is -2.08. The van der Waals surface area contributed by atoms with Crippen molar-refractivity contribution in [1.29, 1.82) is 0 Å². The van der Waals surface area contributed by atoms with E-state index in [4.69, 9.17) is 0 Å². The van der Waals surface area contributed by atoms with Crippen LogP contribution in [-0.4, -0.2) is 14.4 Å². The first-order valence-electron chi connectivity index (χ1n) is 10.2. The highest BCUT2D eigenvalue weighted by Crippen LogP contribution is 2.43. The fourth-order valence-corrected chi connectivity index (χ4v) is 7.26. The maximum absolute atomic E-state index is 4.65. The minimum atomic E-state index is 0.913. The Labute approximate surface area is 183 Å². The molecular weight excluding hydrogens is 418 g/mol. The predicted octanol–water partition coefficient (Wildman–Crippen LogP) is 7.77. The molecule has 0 aliphatic rings. The Morgan fingerprint density at radius 3 is 2.26 bits per heavy atom. The van der Waals surface area contributed by atoms with Gasteiger partial charge in [-0.1, -0.05) is 24.3 Å². The van der Waals surface area contributed by atoms with E-state index in [2.05, 4.69) is 69.0 Å². The zero-order chi connectivity index (χ0) is 20.1. The summed E-state index contributed by atoms with van der Waals surface area (Å²) in [6, 6.07) is 22.3. The molecule has 8 rings (SSSR count). The number of imidazole rings is 1. The van der Waals surface area contributed by atoms with Crippen LogP contribution in [0.25, 0.3) is 67.8 Å². The lowest BCUT2D eigenvalue weighted by molar-refractivity contribution is 1.26. The SMILES string of the molecule is c1ccc2c(c1)sc1cc3sc4cc5c(cc4c3cc12)c1cccnc1c1nccn51. The molecule has 0 fully saturated rings. The fraction of sp³-hybridized carbons (Fsp3) is 0. The summed E-state index contributed by atoms with van der Waals surface area (Å²) in [5.74, 6) is 0. The highest BCUT2D eigenvalue weighted by molar-refractivity contribution is 7.28. The van der Waals surface area contributed by atoms with Gasteiger partial charge in [-0.2, -0.15) is 0 Å². The van der Waals surface area contributed by atoms with Crippen LogP contribution in [-0.2, 0) is 0 Å². The second kappa shape index (κ2) is 5.58. The molecule has 0 radical (unpaired) electrons. The van der Waals surface area contributed by atoms with E-state index in [1.54, 1.807) is 0 Å². The van der Waals surface area contributed by atoms with Crippen molar-refractivity contribution in [2.45, 2.75) is 0 Å². The topological polar surface area (TPSA) is 30.2 Å². The summed E-state index contributed by atoms with van der Waals surface area (Å²) in [6.45, 7) is 0. The fourth-order valence-electron chi connectivity index (χ4n) is 4.92. The van der Waals surface area contributed by atoms with Crippen molar-refractivity contribution in [3.05, 3.63) is 79.3 Å². The Kier molecular flexibility index (Phi) is 2.91. The summed E-state index contributed by atoms with van der Waals surface area (Å²) in [5.41, 5.74) is 3.04. The van der Waals surface area contributed by atoms with Gasteiger partial charge in [0, 0.05) is 69.7 Å². The summed E-state index contributed by atoms with van der Waals surface area (Å²) >= 11 is 3.76. The van der Waals surface area contributed by atoms with Gasteiger partial charge in [0.2, 0.25) is 0 Å². The van der Waals surface area contributed by atoms with E-state index >= 15 is 0 Å². The second-order valence-electron chi connectivity index (χ2n) is 7.93. The zero-order valence-corrected chi connectivity index (χ0v) is 17.8. The Morgan fingerprint density at radius 1 is 0.581 bits per heavy atom. The van der Waals surface area contributed by atoms with Gasteiger partial charge in [-0.15, -0.1) is 22.7 Å². The van der Waals surface area contributed by atoms with E-state index < -0.39 is 0 Å². The van der Waals surface area contributed by atoms with Gasteiger partial charge in [0.1, 0.15) is 5.52 Å². The van der Waals surface area contributed by atoms with Crippen LogP contribution in [0.3, 0.4) is 0 Å². The van der Waals surface area contributed by atoms with Gasteiger partial charge in [0.05, 0.1) is 5.52 Å². The molecule has 0 atom stereocenters. The lowest BCUT2D eigenvalue weighted by Crippen LogP contribution is -1.91. The number of fused-ring (bicyclic) bond motifs is 12. The maximum Gasteiger partial charge on any atom is 0.163 e. The number of aromatic nitrogens is 3. The molecule has 5 heteroatoms. The van der Waals surface area contributed by atoms with Crippen LogP contribution in [0, 0.1) is 0 Å². The van der Waals surface area contributed by atoms with Gasteiger partial charge in [0.25, 0.3) is 0 Å². The van der Waals surface area contributed by atoms with Gasteiger partial charge in [-0.3, -0.25) is 9.38 Å². The van der Waals surface area contributed by atoms with E-state index in [0.29, 0.717) is 0 Å². The molecule has 8 aromatic rings. The van der Waals surface area contributed by atoms with Crippen molar-refractivity contribution in [2.24, 2.45) is 0 Å². The van der Waals surface area contributed by atoms with Gasteiger partial charge in [-0.25, -0.2) is 4.98 Å². The van der Waals surface area contributed by atoms with Crippen LogP contribution in [0.5, 0.6) is 0 Å². The van der Waals surface area contributed by atoms with Crippen molar-refractivity contribution in [3.63, 3.8) is 0 Å². The van der Waals surface area contributed by atoms with Crippen LogP contribution in [0.15, 0.2) is 79.3 Å². The third-order valence-electron chi connectivity index (χ3n) is 6.30. The summed E-state index contributed by atoms with van der Waals surface area (Å²) < 4.78 is 7.53. The molecule has 31 heavy (non-hydrogen) atoms. The quantitative estimate of drug-likeness (QED) is 0.230. The van der Waals surface area contributed by atoms with Gasteiger partial charge >= 0.3 is 0 Å². The molecule has 0 spiro atoms. The predicted molar refractivity (Wildman–Crippen MR) is 134 cm³/mol. The Bertz CT molecular complexity index is 2010. The Morgan fingerprint density at radius 2 is 1.32 bits per heavy atom. The number of rotatable bonds is 0. The molecule has 5 aromatic heterocycles. The first-order valence-corrected chi connectivity index (χ1v) is 11.8. The van der Waals surface area contributed by atoms with Gasteiger partial charge in [0.15, 0.2) is 5.65 Å². The minimum absolute atomic E-state index is 0.913. The molecule has 0 saturated carbocycles. The van der Waals surface area contributed by atoms with Crippen LogP contribution in [0.2, 0.25) is 0 Å². The zero-order valence-electron chi connectivity index (χ0n) is 16.2. The average molecular weight is 432 g/mol. The molecule has 3 nitrogen and oxygen atoms in total. The molecule has 0 amide bonds. The van der Waals surface area contributed by atoms with Crippen molar-refractivity contribution in [1.82, 2.24) is 14.4 Å². The molecule has 5 heterocycles. The van der Waals surface area contributed by atoms with E-state index in [0.717, 1.165) is 16.6 Å². The largest absolute Gasteiger partial charge is 0.298 e. The first-order chi connectivity index (χ1) is 15.3.